The number of carbonyl (C=O) groups is 2. The van der Waals surface area contributed by atoms with Gasteiger partial charge in [-0.1, -0.05) is 24.0 Å². The number of nitrogens with zero attached hydrogens (tertiary/aromatic N) is 1. The van der Waals surface area contributed by atoms with Gasteiger partial charge >= 0.3 is 5.97 Å². The minimum absolute atomic E-state index is 0.0423. The van der Waals surface area contributed by atoms with E-state index in [0.29, 0.717) is 22.2 Å². The van der Waals surface area contributed by atoms with Crippen molar-refractivity contribution in [3.8, 4) is 0 Å². The Bertz CT molecular complexity index is 536. The molecule has 0 aromatic carbocycles. The van der Waals surface area contributed by atoms with Gasteiger partial charge in [0, 0.05) is 13.0 Å². The van der Waals surface area contributed by atoms with Crippen molar-refractivity contribution in [3.05, 3.63) is 27.3 Å². The molecule has 7 heteroatoms. The van der Waals surface area contributed by atoms with Crippen LogP contribution in [-0.2, 0) is 9.59 Å². The lowest BCUT2D eigenvalue weighted by molar-refractivity contribution is -0.137. The molecular formula is C12H11NO3S3. The first kappa shape index (κ1) is 14.2. The molecule has 1 saturated heterocycles. The summed E-state index contributed by atoms with van der Waals surface area (Å²) in [5.41, 5.74) is 0.982. The van der Waals surface area contributed by atoms with E-state index in [1.54, 1.807) is 11.3 Å². The minimum Gasteiger partial charge on any atom is -0.481 e. The highest BCUT2D eigenvalue weighted by atomic mass is 32.2. The van der Waals surface area contributed by atoms with Gasteiger partial charge in [-0.05, 0) is 34.9 Å². The van der Waals surface area contributed by atoms with E-state index in [2.05, 4.69) is 0 Å². The van der Waals surface area contributed by atoms with Crippen molar-refractivity contribution < 1.29 is 14.7 Å². The molecule has 0 aliphatic carbocycles. The SMILES string of the molecule is O=C(O)CCCN1C(=O)/C(=C\c2ccsc2)SC1=S. The Morgan fingerprint density at radius 1 is 1.53 bits per heavy atom. The smallest absolute Gasteiger partial charge is 0.303 e. The molecule has 0 radical (unpaired) electrons. The summed E-state index contributed by atoms with van der Waals surface area (Å²) >= 11 is 7.98. The topological polar surface area (TPSA) is 57.6 Å². The molecule has 0 saturated carbocycles. The summed E-state index contributed by atoms with van der Waals surface area (Å²) in [4.78, 5) is 24.7. The summed E-state index contributed by atoms with van der Waals surface area (Å²) in [5, 5.41) is 12.5. The second-order valence-corrected chi connectivity index (χ2v) is 6.34. The molecule has 1 amide bonds. The van der Waals surface area contributed by atoms with Gasteiger partial charge in [-0.15, -0.1) is 0 Å². The molecule has 1 aromatic heterocycles. The highest BCUT2D eigenvalue weighted by Gasteiger charge is 2.31. The van der Waals surface area contributed by atoms with Gasteiger partial charge in [0.25, 0.3) is 5.91 Å². The fourth-order valence-electron chi connectivity index (χ4n) is 1.59. The van der Waals surface area contributed by atoms with E-state index in [9.17, 15) is 9.59 Å². The Balaban J connectivity index is 2.02. The van der Waals surface area contributed by atoms with Crippen molar-refractivity contribution in [1.82, 2.24) is 4.90 Å². The lowest BCUT2D eigenvalue weighted by Crippen LogP contribution is -2.29. The number of thiocarbonyl (C=S) groups is 1. The van der Waals surface area contributed by atoms with Crippen molar-refractivity contribution in [2.75, 3.05) is 6.54 Å². The fraction of sp³-hybridized carbons (Fsp3) is 0.250. The van der Waals surface area contributed by atoms with Crippen LogP contribution < -0.4 is 0 Å². The highest BCUT2D eigenvalue weighted by molar-refractivity contribution is 8.26. The standard InChI is InChI=1S/C12H11NO3S3/c14-10(15)2-1-4-13-11(16)9(19-12(13)17)6-8-3-5-18-7-8/h3,5-7H,1-2,4H2,(H,14,15)/b9-6+. The van der Waals surface area contributed by atoms with Crippen LogP contribution >= 0.6 is 35.3 Å². The molecule has 0 unspecified atom stereocenters. The Morgan fingerprint density at radius 3 is 2.95 bits per heavy atom. The summed E-state index contributed by atoms with van der Waals surface area (Å²) in [6.07, 6.45) is 2.27. The average Bonchev–Trinajstić information content (AvgIpc) is 2.93. The third-order valence-electron chi connectivity index (χ3n) is 2.49. The predicted molar refractivity (Wildman–Crippen MR) is 81.1 cm³/mol. The fourth-order valence-corrected chi connectivity index (χ4v) is 3.52. The van der Waals surface area contributed by atoms with Gasteiger partial charge in [-0.25, -0.2) is 0 Å². The Labute approximate surface area is 124 Å². The van der Waals surface area contributed by atoms with Gasteiger partial charge in [-0.3, -0.25) is 14.5 Å². The zero-order valence-electron chi connectivity index (χ0n) is 9.87. The number of carboxylic acid groups (broad SMARTS) is 1. The molecule has 1 aliphatic rings. The van der Waals surface area contributed by atoms with Crippen LogP contribution in [-0.4, -0.2) is 32.7 Å². The van der Waals surface area contributed by atoms with Crippen molar-refractivity contribution in [3.63, 3.8) is 0 Å². The van der Waals surface area contributed by atoms with Crippen molar-refractivity contribution in [2.24, 2.45) is 0 Å². The zero-order chi connectivity index (χ0) is 13.8. The first-order valence-electron chi connectivity index (χ1n) is 5.57. The van der Waals surface area contributed by atoms with E-state index in [-0.39, 0.29) is 12.3 Å². The summed E-state index contributed by atoms with van der Waals surface area (Å²) in [6, 6.07) is 1.93. The molecule has 19 heavy (non-hydrogen) atoms. The van der Waals surface area contributed by atoms with E-state index in [0.717, 1.165) is 5.56 Å². The quantitative estimate of drug-likeness (QED) is 0.669. The summed E-state index contributed by atoms with van der Waals surface area (Å²) < 4.78 is 0.497. The van der Waals surface area contributed by atoms with Crippen molar-refractivity contribution in [1.29, 1.82) is 0 Å². The van der Waals surface area contributed by atoms with Crippen LogP contribution in [0.3, 0.4) is 0 Å². The number of aliphatic carboxylic acids is 1. The lowest BCUT2D eigenvalue weighted by atomic mass is 10.2. The molecule has 0 bridgehead atoms. The third kappa shape index (κ3) is 3.65. The normalized spacial score (nSPS) is 17.5. The molecule has 0 spiro atoms. The van der Waals surface area contributed by atoms with E-state index in [4.69, 9.17) is 17.3 Å². The molecule has 100 valence electrons. The van der Waals surface area contributed by atoms with Gasteiger partial charge in [0.2, 0.25) is 0 Å². The predicted octanol–water partition coefficient (Wildman–Crippen LogP) is 2.81. The lowest BCUT2D eigenvalue weighted by Gasteiger charge is -2.13. The maximum atomic E-state index is 12.1. The van der Waals surface area contributed by atoms with Crippen LogP contribution in [0.25, 0.3) is 6.08 Å². The van der Waals surface area contributed by atoms with Crippen LogP contribution in [0.2, 0.25) is 0 Å². The number of hydrogen-bond donors (Lipinski definition) is 1. The van der Waals surface area contributed by atoms with Crippen LogP contribution in [0.15, 0.2) is 21.7 Å². The molecule has 1 N–H and O–H groups in total. The van der Waals surface area contributed by atoms with Crippen molar-refractivity contribution in [2.45, 2.75) is 12.8 Å². The molecule has 2 rings (SSSR count). The van der Waals surface area contributed by atoms with Gasteiger partial charge in [-0.2, -0.15) is 11.3 Å². The summed E-state index contributed by atoms with van der Waals surface area (Å²) in [5.74, 6) is -0.995. The van der Waals surface area contributed by atoms with Crippen LogP contribution in [0, 0.1) is 0 Å². The van der Waals surface area contributed by atoms with Crippen molar-refractivity contribution >= 4 is 57.6 Å². The number of carboxylic acids is 1. The summed E-state index contributed by atoms with van der Waals surface area (Å²) in [7, 11) is 0. The van der Waals surface area contributed by atoms with E-state index < -0.39 is 5.97 Å². The Morgan fingerprint density at radius 2 is 2.32 bits per heavy atom. The first-order valence-corrected chi connectivity index (χ1v) is 7.74. The van der Waals surface area contributed by atoms with E-state index >= 15 is 0 Å². The Kier molecular flexibility index (Phi) is 4.73. The summed E-state index contributed by atoms with van der Waals surface area (Å²) in [6.45, 7) is 0.359. The maximum Gasteiger partial charge on any atom is 0.303 e. The monoisotopic (exact) mass is 313 g/mol. The van der Waals surface area contributed by atoms with E-state index in [1.807, 2.05) is 22.9 Å². The molecule has 1 aliphatic heterocycles. The minimum atomic E-state index is -0.862. The Hall–Kier alpha value is -1.18. The van der Waals surface area contributed by atoms with Crippen LogP contribution in [0.4, 0.5) is 0 Å². The molecule has 1 aromatic rings. The molecule has 2 heterocycles. The zero-order valence-corrected chi connectivity index (χ0v) is 12.3. The second kappa shape index (κ2) is 6.31. The molecule has 0 atom stereocenters. The number of thiophene rings is 1. The van der Waals surface area contributed by atoms with Crippen LogP contribution in [0.1, 0.15) is 18.4 Å². The third-order valence-corrected chi connectivity index (χ3v) is 4.57. The van der Waals surface area contributed by atoms with Gasteiger partial charge in [0.1, 0.15) is 4.32 Å². The molecule has 1 fully saturated rings. The van der Waals surface area contributed by atoms with Gasteiger partial charge < -0.3 is 5.11 Å². The number of rotatable bonds is 5. The molecule has 4 nitrogen and oxygen atoms in total. The largest absolute Gasteiger partial charge is 0.481 e. The van der Waals surface area contributed by atoms with Gasteiger partial charge in [0.05, 0.1) is 4.91 Å². The highest BCUT2D eigenvalue weighted by Crippen LogP contribution is 2.32. The molecular weight excluding hydrogens is 302 g/mol. The number of thioether (sulfide) groups is 1. The number of hydrogen-bond acceptors (Lipinski definition) is 5. The maximum absolute atomic E-state index is 12.1. The van der Waals surface area contributed by atoms with E-state index in [1.165, 1.54) is 16.7 Å². The number of carbonyl (C=O) groups excluding carboxylic acids is 1. The first-order chi connectivity index (χ1) is 9.08. The van der Waals surface area contributed by atoms with Crippen LogP contribution in [0.5, 0.6) is 0 Å². The van der Waals surface area contributed by atoms with Gasteiger partial charge in [0.15, 0.2) is 0 Å². The second-order valence-electron chi connectivity index (χ2n) is 3.89. The number of amides is 1. The average molecular weight is 313 g/mol.